The first kappa shape index (κ1) is 14.0. The molecule has 6 heteroatoms. The molecule has 1 heterocycles. The number of nitrogens with zero attached hydrogens (tertiary/aromatic N) is 2. The maximum Gasteiger partial charge on any atom is 0.309 e. The average molecular weight is 275 g/mol. The number of aromatic nitrogens is 2. The molecule has 0 bridgehead atoms. The molecule has 0 aliphatic heterocycles. The molecule has 1 aromatic carbocycles. The van der Waals surface area contributed by atoms with Crippen LogP contribution in [0.2, 0.25) is 0 Å². The van der Waals surface area contributed by atoms with E-state index in [0.29, 0.717) is 5.89 Å². The molecule has 1 N–H and O–H groups in total. The average Bonchev–Trinajstić information content (AvgIpc) is 2.97. The standard InChI is InChI=1S/C14H17N3O3/c1-4-9(2)15-12(18)14-17-16-13(20-14)10-5-7-11(19-3)8-6-10/h5-9H,4H2,1-3H3,(H,15,18). The Kier molecular flexibility index (Phi) is 4.34. The lowest BCUT2D eigenvalue weighted by Crippen LogP contribution is -2.32. The van der Waals surface area contributed by atoms with Crippen LogP contribution in [0.1, 0.15) is 31.0 Å². The van der Waals surface area contributed by atoms with Crippen molar-refractivity contribution in [2.75, 3.05) is 7.11 Å². The predicted octanol–water partition coefficient (Wildman–Crippen LogP) is 2.27. The van der Waals surface area contributed by atoms with Crippen molar-refractivity contribution >= 4 is 5.91 Å². The number of carbonyl (C=O) groups excluding carboxylic acids is 1. The molecule has 0 aliphatic rings. The van der Waals surface area contributed by atoms with Crippen LogP contribution in [-0.2, 0) is 0 Å². The lowest BCUT2D eigenvalue weighted by molar-refractivity contribution is 0.0905. The minimum Gasteiger partial charge on any atom is -0.497 e. The largest absolute Gasteiger partial charge is 0.497 e. The van der Waals surface area contributed by atoms with Gasteiger partial charge in [0.15, 0.2) is 0 Å². The molecule has 0 radical (unpaired) electrons. The van der Waals surface area contributed by atoms with Gasteiger partial charge in [-0.15, -0.1) is 10.2 Å². The number of hydrogen-bond donors (Lipinski definition) is 1. The summed E-state index contributed by atoms with van der Waals surface area (Å²) in [7, 11) is 1.60. The molecule has 106 valence electrons. The molecule has 1 amide bonds. The second kappa shape index (κ2) is 6.18. The highest BCUT2D eigenvalue weighted by molar-refractivity contribution is 5.89. The molecule has 0 spiro atoms. The zero-order valence-corrected chi connectivity index (χ0v) is 11.7. The van der Waals surface area contributed by atoms with Gasteiger partial charge < -0.3 is 14.5 Å². The summed E-state index contributed by atoms with van der Waals surface area (Å²) in [6.45, 7) is 3.90. The summed E-state index contributed by atoms with van der Waals surface area (Å²) in [5.74, 6) is 0.660. The second-order valence-electron chi connectivity index (χ2n) is 4.42. The molecule has 1 unspecified atom stereocenters. The third-order valence-corrected chi connectivity index (χ3v) is 2.95. The normalized spacial score (nSPS) is 11.9. The lowest BCUT2D eigenvalue weighted by Gasteiger charge is -2.08. The zero-order chi connectivity index (χ0) is 14.5. The Labute approximate surface area is 117 Å². The van der Waals surface area contributed by atoms with Gasteiger partial charge in [0.2, 0.25) is 5.89 Å². The summed E-state index contributed by atoms with van der Waals surface area (Å²) in [5, 5.41) is 10.4. The SMILES string of the molecule is CCC(C)NC(=O)c1nnc(-c2ccc(OC)cc2)o1. The summed E-state index contributed by atoms with van der Waals surface area (Å²) in [5.41, 5.74) is 0.737. The monoisotopic (exact) mass is 275 g/mol. The third kappa shape index (κ3) is 3.14. The molecular weight excluding hydrogens is 258 g/mol. The minimum atomic E-state index is -0.355. The maximum absolute atomic E-state index is 11.8. The zero-order valence-electron chi connectivity index (χ0n) is 11.7. The first-order valence-electron chi connectivity index (χ1n) is 6.42. The Bertz CT molecular complexity index is 578. The van der Waals surface area contributed by atoms with Crippen molar-refractivity contribution < 1.29 is 13.9 Å². The van der Waals surface area contributed by atoms with Crippen molar-refractivity contribution in [1.29, 1.82) is 0 Å². The van der Waals surface area contributed by atoms with Crippen LogP contribution < -0.4 is 10.1 Å². The highest BCUT2D eigenvalue weighted by Gasteiger charge is 2.17. The van der Waals surface area contributed by atoms with Gasteiger partial charge in [0, 0.05) is 11.6 Å². The summed E-state index contributed by atoms with van der Waals surface area (Å²) >= 11 is 0. The predicted molar refractivity (Wildman–Crippen MR) is 73.5 cm³/mol. The van der Waals surface area contributed by atoms with Gasteiger partial charge >= 0.3 is 11.8 Å². The van der Waals surface area contributed by atoms with Gasteiger partial charge in [0.1, 0.15) is 5.75 Å². The van der Waals surface area contributed by atoms with Gasteiger partial charge in [-0.25, -0.2) is 0 Å². The van der Waals surface area contributed by atoms with Crippen LogP contribution in [0, 0.1) is 0 Å². The summed E-state index contributed by atoms with van der Waals surface area (Å²) in [6.07, 6.45) is 0.839. The molecular formula is C14H17N3O3. The number of benzene rings is 1. The van der Waals surface area contributed by atoms with Gasteiger partial charge in [-0.3, -0.25) is 4.79 Å². The van der Waals surface area contributed by atoms with E-state index in [-0.39, 0.29) is 17.8 Å². The molecule has 20 heavy (non-hydrogen) atoms. The van der Waals surface area contributed by atoms with Gasteiger partial charge in [0.05, 0.1) is 7.11 Å². The van der Waals surface area contributed by atoms with Crippen molar-refractivity contribution in [3.63, 3.8) is 0 Å². The highest BCUT2D eigenvalue weighted by Crippen LogP contribution is 2.21. The van der Waals surface area contributed by atoms with Crippen LogP contribution in [0.15, 0.2) is 28.7 Å². The van der Waals surface area contributed by atoms with Crippen LogP contribution in [0.3, 0.4) is 0 Å². The summed E-state index contributed by atoms with van der Waals surface area (Å²) in [6, 6.07) is 7.24. The van der Waals surface area contributed by atoms with Crippen LogP contribution in [0.25, 0.3) is 11.5 Å². The Balaban J connectivity index is 2.13. The molecule has 0 saturated heterocycles. The molecule has 6 nitrogen and oxygen atoms in total. The highest BCUT2D eigenvalue weighted by atomic mass is 16.5. The summed E-state index contributed by atoms with van der Waals surface area (Å²) in [4.78, 5) is 11.8. The van der Waals surface area contributed by atoms with Gasteiger partial charge in [-0.1, -0.05) is 6.92 Å². The van der Waals surface area contributed by atoms with Crippen LogP contribution >= 0.6 is 0 Å². The van der Waals surface area contributed by atoms with E-state index < -0.39 is 0 Å². The molecule has 2 rings (SSSR count). The number of ether oxygens (including phenoxy) is 1. The fourth-order valence-electron chi connectivity index (χ4n) is 1.55. The van der Waals surface area contributed by atoms with E-state index in [2.05, 4.69) is 15.5 Å². The van der Waals surface area contributed by atoms with Gasteiger partial charge in [0.25, 0.3) is 0 Å². The van der Waals surface area contributed by atoms with Crippen LogP contribution in [-0.4, -0.2) is 29.3 Å². The quantitative estimate of drug-likeness (QED) is 0.905. The van der Waals surface area contributed by atoms with Gasteiger partial charge in [-0.05, 0) is 37.6 Å². The van der Waals surface area contributed by atoms with E-state index in [0.717, 1.165) is 17.7 Å². The van der Waals surface area contributed by atoms with Crippen molar-refractivity contribution in [3.05, 3.63) is 30.2 Å². The van der Waals surface area contributed by atoms with Crippen LogP contribution in [0.5, 0.6) is 5.75 Å². The number of carbonyl (C=O) groups is 1. The smallest absolute Gasteiger partial charge is 0.309 e. The van der Waals surface area contributed by atoms with Gasteiger partial charge in [-0.2, -0.15) is 0 Å². The van der Waals surface area contributed by atoms with E-state index in [1.807, 2.05) is 13.8 Å². The Morgan fingerprint density at radius 3 is 2.65 bits per heavy atom. The topological polar surface area (TPSA) is 77.2 Å². The molecule has 0 fully saturated rings. The first-order chi connectivity index (χ1) is 9.63. The maximum atomic E-state index is 11.8. The fourth-order valence-corrected chi connectivity index (χ4v) is 1.55. The number of rotatable bonds is 5. The van der Waals surface area contributed by atoms with Crippen molar-refractivity contribution in [1.82, 2.24) is 15.5 Å². The van der Waals surface area contributed by atoms with E-state index in [1.54, 1.807) is 31.4 Å². The Morgan fingerprint density at radius 1 is 1.35 bits per heavy atom. The Morgan fingerprint density at radius 2 is 2.05 bits per heavy atom. The van der Waals surface area contributed by atoms with E-state index in [4.69, 9.17) is 9.15 Å². The second-order valence-corrected chi connectivity index (χ2v) is 4.42. The van der Waals surface area contributed by atoms with E-state index >= 15 is 0 Å². The minimum absolute atomic E-state index is 0.0314. The molecule has 1 atom stereocenters. The van der Waals surface area contributed by atoms with Crippen molar-refractivity contribution in [2.24, 2.45) is 0 Å². The fraction of sp³-hybridized carbons (Fsp3) is 0.357. The molecule has 1 aromatic heterocycles. The summed E-state index contributed by atoms with van der Waals surface area (Å²) < 4.78 is 10.4. The number of nitrogens with one attached hydrogen (secondary N) is 1. The third-order valence-electron chi connectivity index (χ3n) is 2.95. The first-order valence-corrected chi connectivity index (χ1v) is 6.42. The Hall–Kier alpha value is -2.37. The molecule has 0 aliphatic carbocycles. The number of hydrogen-bond acceptors (Lipinski definition) is 5. The number of amides is 1. The van der Waals surface area contributed by atoms with E-state index in [9.17, 15) is 4.79 Å². The van der Waals surface area contributed by atoms with E-state index in [1.165, 1.54) is 0 Å². The number of methoxy groups -OCH3 is 1. The van der Waals surface area contributed by atoms with Crippen molar-refractivity contribution in [3.8, 4) is 17.2 Å². The molecule has 0 saturated carbocycles. The lowest BCUT2D eigenvalue weighted by atomic mass is 10.2. The molecule has 2 aromatic rings. The van der Waals surface area contributed by atoms with Crippen LogP contribution in [0.4, 0.5) is 0 Å². The van der Waals surface area contributed by atoms with Crippen molar-refractivity contribution in [2.45, 2.75) is 26.3 Å².